The molecule has 3 heterocycles. The summed E-state index contributed by atoms with van der Waals surface area (Å²) in [6.45, 7) is 10.5. The lowest BCUT2D eigenvalue weighted by Crippen LogP contribution is -2.21. The van der Waals surface area contributed by atoms with Crippen molar-refractivity contribution in [2.24, 2.45) is 0 Å². The van der Waals surface area contributed by atoms with Gasteiger partial charge in [-0.1, -0.05) is 79.9 Å². The Hall–Kier alpha value is -5.16. The van der Waals surface area contributed by atoms with Crippen molar-refractivity contribution in [3.63, 3.8) is 0 Å². The van der Waals surface area contributed by atoms with Gasteiger partial charge in [0.1, 0.15) is 5.69 Å². The first-order valence-corrected chi connectivity index (χ1v) is 12.9. The molecule has 1 aliphatic rings. The first-order valence-electron chi connectivity index (χ1n) is 12.9. The summed E-state index contributed by atoms with van der Waals surface area (Å²) in [4.78, 5) is 7.95. The summed E-state index contributed by atoms with van der Waals surface area (Å²) in [5.74, 6) is 0. The van der Waals surface area contributed by atoms with Gasteiger partial charge in [0.15, 0.2) is 0 Å². The number of hydrogen-bond acceptors (Lipinski definition) is 3. The van der Waals surface area contributed by atoms with Crippen LogP contribution in [0.4, 0.5) is 5.69 Å². The molecule has 0 fully saturated rings. The van der Waals surface area contributed by atoms with Gasteiger partial charge < -0.3 is 10.3 Å². The van der Waals surface area contributed by atoms with E-state index in [4.69, 9.17) is 0 Å². The van der Waals surface area contributed by atoms with E-state index >= 15 is 0 Å². The quantitative estimate of drug-likeness (QED) is 0.230. The Kier molecular flexibility index (Phi) is 6.39. The van der Waals surface area contributed by atoms with E-state index in [9.17, 15) is 0 Å². The normalized spacial score (nSPS) is 13.7. The number of hydrogen-bond donors (Lipinski definition) is 3. The van der Waals surface area contributed by atoms with Crippen molar-refractivity contribution in [2.45, 2.75) is 13.3 Å². The maximum atomic E-state index is 4.59. The van der Waals surface area contributed by atoms with Crippen molar-refractivity contribution >= 4 is 46.1 Å². The van der Waals surface area contributed by atoms with Crippen LogP contribution in [0.5, 0.6) is 0 Å². The first kappa shape index (κ1) is 24.2. The molecule has 0 atom stereocenters. The highest BCUT2D eigenvalue weighted by Crippen LogP contribution is 2.31. The first-order chi connectivity index (χ1) is 19.1. The fourth-order valence-corrected chi connectivity index (χ4v) is 4.85. The van der Waals surface area contributed by atoms with E-state index < -0.39 is 0 Å². The van der Waals surface area contributed by atoms with E-state index in [1.165, 1.54) is 16.5 Å². The molecule has 0 saturated heterocycles. The molecular weight excluding hydrogens is 478 g/mol. The molecule has 1 aliphatic carbocycles. The Morgan fingerprint density at radius 1 is 1.03 bits per heavy atom. The molecule has 0 amide bonds. The Balaban J connectivity index is 1.26. The second-order valence-electron chi connectivity index (χ2n) is 9.66. The molecule has 5 nitrogen and oxygen atoms in total. The number of nitrogens with one attached hydrogen (secondary N) is 3. The highest BCUT2D eigenvalue weighted by Gasteiger charge is 2.12. The van der Waals surface area contributed by atoms with Crippen molar-refractivity contribution in [1.82, 2.24) is 20.2 Å². The standard InChI is InChI=1S/C34H29N5/c1-22(27-18-28(21-35-20-27)36-24(3)25-10-5-4-6-11-25)16-17-31-23(2)34(39-38-31)33-19-30-29(26-12-7-8-13-26)14-9-15-32(30)37-33/h4-7,9-21,36-38H,2-3,8H2,1H3/b22-16+,31-17+. The molecule has 0 saturated carbocycles. The van der Waals surface area contributed by atoms with E-state index in [0.717, 1.165) is 62.0 Å². The molecule has 0 aliphatic heterocycles. The van der Waals surface area contributed by atoms with Crippen molar-refractivity contribution in [2.75, 3.05) is 5.32 Å². The third-order valence-corrected chi connectivity index (χ3v) is 7.01. The molecule has 0 radical (unpaired) electrons. The second-order valence-corrected chi connectivity index (χ2v) is 9.66. The number of fused-ring (bicyclic) bond motifs is 1. The summed E-state index contributed by atoms with van der Waals surface area (Å²) in [6.07, 6.45) is 15.3. The molecule has 3 aromatic heterocycles. The highest BCUT2D eigenvalue weighted by atomic mass is 15.1. The van der Waals surface area contributed by atoms with Crippen LogP contribution in [0.15, 0.2) is 104 Å². The molecule has 5 heteroatoms. The molecule has 39 heavy (non-hydrogen) atoms. The summed E-state index contributed by atoms with van der Waals surface area (Å²) in [6, 6.07) is 20.6. The molecule has 0 bridgehead atoms. The van der Waals surface area contributed by atoms with Crippen LogP contribution in [0.2, 0.25) is 0 Å². The molecule has 3 N–H and O–H groups in total. The molecule has 5 aromatic rings. The van der Waals surface area contributed by atoms with E-state index in [1.54, 1.807) is 6.20 Å². The van der Waals surface area contributed by atoms with Crippen molar-refractivity contribution in [3.05, 3.63) is 131 Å². The Bertz CT molecular complexity index is 1900. The average Bonchev–Trinajstić information content (AvgIpc) is 3.72. The van der Waals surface area contributed by atoms with Gasteiger partial charge >= 0.3 is 0 Å². The van der Waals surface area contributed by atoms with Crippen LogP contribution in [0, 0.1) is 0 Å². The Morgan fingerprint density at radius 2 is 1.90 bits per heavy atom. The Morgan fingerprint density at radius 3 is 2.72 bits per heavy atom. The van der Waals surface area contributed by atoms with Crippen LogP contribution in [-0.4, -0.2) is 20.2 Å². The maximum absolute atomic E-state index is 4.59. The Labute approximate surface area is 227 Å². The van der Waals surface area contributed by atoms with Crippen molar-refractivity contribution in [3.8, 4) is 11.4 Å². The summed E-state index contributed by atoms with van der Waals surface area (Å²) in [5.41, 5.74) is 10.2. The van der Waals surface area contributed by atoms with Gasteiger partial charge in [0.05, 0.1) is 22.9 Å². The van der Waals surface area contributed by atoms with E-state index in [2.05, 4.69) is 100 Å². The fraction of sp³-hybridized carbons (Fsp3) is 0.0588. The van der Waals surface area contributed by atoms with Crippen molar-refractivity contribution < 1.29 is 0 Å². The minimum atomic E-state index is 0.817. The number of nitrogens with zero attached hydrogens (tertiary/aromatic N) is 2. The van der Waals surface area contributed by atoms with E-state index in [0.29, 0.717) is 0 Å². The SMILES string of the molecule is C=C(Nc1cncc(/C(C)=C/C=c2/[nH]nc(-c3cc4c(C5=CCC=C5)cccc4[nH]3)c2=C)c1)c1ccccc1. The average molecular weight is 508 g/mol. The smallest absolute Gasteiger partial charge is 0.116 e. The lowest BCUT2D eigenvalue weighted by molar-refractivity contribution is 1.06. The van der Waals surface area contributed by atoms with Crippen LogP contribution in [-0.2, 0) is 0 Å². The van der Waals surface area contributed by atoms with Gasteiger partial charge in [-0.25, -0.2) is 0 Å². The number of pyridine rings is 1. The van der Waals surface area contributed by atoms with Gasteiger partial charge in [0.2, 0.25) is 0 Å². The molecular formula is C34H29N5. The number of aromatic nitrogens is 4. The van der Waals surface area contributed by atoms with Gasteiger partial charge in [0.25, 0.3) is 0 Å². The summed E-state index contributed by atoms with van der Waals surface area (Å²) in [7, 11) is 0. The topological polar surface area (TPSA) is 69.4 Å². The number of rotatable bonds is 7. The molecule has 2 aromatic carbocycles. The van der Waals surface area contributed by atoms with Crippen LogP contribution in [0.3, 0.4) is 0 Å². The molecule has 0 spiro atoms. The summed E-state index contributed by atoms with van der Waals surface area (Å²) in [5, 5.41) is 14.0. The zero-order valence-corrected chi connectivity index (χ0v) is 21.8. The highest BCUT2D eigenvalue weighted by molar-refractivity contribution is 5.97. The van der Waals surface area contributed by atoms with Crippen LogP contribution in [0.25, 0.3) is 51.8 Å². The molecule has 190 valence electrons. The largest absolute Gasteiger partial charge is 0.354 e. The third-order valence-electron chi connectivity index (χ3n) is 7.01. The second kappa shape index (κ2) is 10.3. The minimum absolute atomic E-state index is 0.817. The number of benzene rings is 2. The zero-order chi connectivity index (χ0) is 26.8. The summed E-state index contributed by atoms with van der Waals surface area (Å²) >= 11 is 0. The monoisotopic (exact) mass is 507 g/mol. The summed E-state index contributed by atoms with van der Waals surface area (Å²) < 4.78 is 0. The predicted molar refractivity (Wildman–Crippen MR) is 164 cm³/mol. The zero-order valence-electron chi connectivity index (χ0n) is 21.8. The lowest BCUT2D eigenvalue weighted by atomic mass is 10.0. The van der Waals surface area contributed by atoms with Gasteiger partial charge in [-0.3, -0.25) is 10.1 Å². The van der Waals surface area contributed by atoms with Crippen LogP contribution < -0.4 is 15.9 Å². The van der Waals surface area contributed by atoms with E-state index in [-0.39, 0.29) is 0 Å². The van der Waals surface area contributed by atoms with Crippen LogP contribution >= 0.6 is 0 Å². The van der Waals surface area contributed by atoms with Gasteiger partial charge in [-0.2, -0.15) is 5.10 Å². The van der Waals surface area contributed by atoms with Gasteiger partial charge in [0, 0.05) is 28.0 Å². The molecule has 6 rings (SSSR count). The fourth-order valence-electron chi connectivity index (χ4n) is 4.85. The maximum Gasteiger partial charge on any atom is 0.116 e. The number of anilines is 1. The number of allylic oxidation sites excluding steroid dienone is 6. The lowest BCUT2D eigenvalue weighted by Gasteiger charge is -2.10. The third kappa shape index (κ3) is 4.90. The predicted octanol–water partition coefficient (Wildman–Crippen LogP) is 6.67. The van der Waals surface area contributed by atoms with Gasteiger partial charge in [-0.05, 0) is 65.5 Å². The van der Waals surface area contributed by atoms with E-state index in [1.807, 2.05) is 42.6 Å². The minimum Gasteiger partial charge on any atom is -0.354 e. The van der Waals surface area contributed by atoms with Crippen LogP contribution in [0.1, 0.15) is 30.0 Å². The number of aromatic amines is 2. The van der Waals surface area contributed by atoms with Gasteiger partial charge in [-0.15, -0.1) is 0 Å². The number of H-pyrrole nitrogens is 2. The molecule has 0 unspecified atom stereocenters. The van der Waals surface area contributed by atoms with Crippen molar-refractivity contribution in [1.29, 1.82) is 0 Å².